The molecule has 1 aromatic heterocycles. The van der Waals surface area contributed by atoms with Gasteiger partial charge >= 0.3 is 0 Å². The third-order valence-electron chi connectivity index (χ3n) is 6.24. The van der Waals surface area contributed by atoms with E-state index in [4.69, 9.17) is 4.42 Å². The molecule has 0 bridgehead atoms. The summed E-state index contributed by atoms with van der Waals surface area (Å²) in [5.74, 6) is 0.788. The van der Waals surface area contributed by atoms with Gasteiger partial charge in [0.25, 0.3) is 0 Å². The Morgan fingerprint density at radius 3 is 2.73 bits per heavy atom. The van der Waals surface area contributed by atoms with Crippen molar-refractivity contribution in [3.05, 3.63) is 45.8 Å². The van der Waals surface area contributed by atoms with Crippen molar-refractivity contribution in [3.63, 3.8) is 0 Å². The van der Waals surface area contributed by atoms with Crippen molar-refractivity contribution in [2.75, 3.05) is 24.5 Å². The van der Waals surface area contributed by atoms with Crippen LogP contribution in [0.5, 0.6) is 0 Å². The summed E-state index contributed by atoms with van der Waals surface area (Å²) in [7, 11) is -3.85. The number of amides is 2. The van der Waals surface area contributed by atoms with Crippen molar-refractivity contribution in [1.82, 2.24) is 9.62 Å². The van der Waals surface area contributed by atoms with Gasteiger partial charge in [-0.25, -0.2) is 8.42 Å². The smallest absolute Gasteiger partial charge is 0.244 e. The van der Waals surface area contributed by atoms with Crippen LogP contribution >= 0.6 is 15.9 Å². The number of fused-ring (bicyclic) bond motifs is 1. The summed E-state index contributed by atoms with van der Waals surface area (Å²) in [6.45, 7) is 4.93. The summed E-state index contributed by atoms with van der Waals surface area (Å²) < 4.78 is 34.4. The van der Waals surface area contributed by atoms with E-state index in [0.29, 0.717) is 54.7 Å². The van der Waals surface area contributed by atoms with E-state index in [1.54, 1.807) is 24.0 Å². The second-order valence-electron chi connectivity index (χ2n) is 8.49. The molecule has 2 aliphatic heterocycles. The van der Waals surface area contributed by atoms with E-state index in [-0.39, 0.29) is 29.8 Å². The van der Waals surface area contributed by atoms with Gasteiger partial charge in [-0.1, -0.05) is 6.92 Å². The first-order valence-corrected chi connectivity index (χ1v) is 13.4. The first kappa shape index (κ1) is 24.0. The van der Waals surface area contributed by atoms with Crippen LogP contribution in [0.3, 0.4) is 0 Å². The van der Waals surface area contributed by atoms with E-state index >= 15 is 0 Å². The highest BCUT2D eigenvalue weighted by atomic mass is 79.9. The number of sulfonamides is 1. The Balaban J connectivity index is 1.51. The van der Waals surface area contributed by atoms with Crippen LogP contribution in [-0.2, 0) is 32.6 Å². The minimum Gasteiger partial charge on any atom is -0.465 e. The number of hydrogen-bond acceptors (Lipinski definition) is 5. The number of anilines is 1. The molecule has 0 radical (unpaired) electrons. The van der Waals surface area contributed by atoms with Crippen molar-refractivity contribution < 1.29 is 22.4 Å². The number of nitrogens with one attached hydrogen (secondary N) is 1. The molecule has 2 amide bonds. The van der Waals surface area contributed by atoms with E-state index < -0.39 is 15.9 Å². The van der Waals surface area contributed by atoms with Gasteiger partial charge in [-0.05, 0) is 71.9 Å². The molecular formula is C23H28BrN3O5S. The van der Waals surface area contributed by atoms with Crippen molar-refractivity contribution in [1.29, 1.82) is 0 Å². The standard InChI is InChI=1S/C23H28BrN3O5S/c1-3-22(28)27-10-8-16-11-19(24)21(12-20(16)27)33(30,31)26-9-4-5-17(14-26)23(29)25-13-18-7-6-15(2)32-18/h6-7,11-12,17H,3-5,8-10,13-14H2,1-2H3,(H,25,29). The predicted molar refractivity (Wildman–Crippen MR) is 127 cm³/mol. The number of piperidine rings is 1. The highest BCUT2D eigenvalue weighted by molar-refractivity contribution is 9.10. The summed E-state index contributed by atoms with van der Waals surface area (Å²) in [5.41, 5.74) is 1.61. The van der Waals surface area contributed by atoms with Crippen LogP contribution in [0.2, 0.25) is 0 Å². The summed E-state index contributed by atoms with van der Waals surface area (Å²) in [5, 5.41) is 2.86. The molecule has 1 saturated heterocycles. The summed E-state index contributed by atoms with van der Waals surface area (Å²) in [6, 6.07) is 7.04. The maximum atomic E-state index is 13.6. The second kappa shape index (κ2) is 9.60. The number of rotatable bonds is 6. The molecule has 178 valence electrons. The molecule has 10 heteroatoms. The molecule has 1 N–H and O–H groups in total. The number of carbonyl (C=O) groups excluding carboxylic acids is 2. The Morgan fingerprint density at radius 1 is 1.24 bits per heavy atom. The molecule has 4 rings (SSSR count). The molecule has 0 spiro atoms. The average Bonchev–Trinajstić information content (AvgIpc) is 3.41. The number of furan rings is 1. The number of nitrogens with zero attached hydrogens (tertiary/aromatic N) is 2. The fourth-order valence-corrected chi connectivity index (χ4v) is 7.04. The zero-order chi connectivity index (χ0) is 23.8. The van der Waals surface area contributed by atoms with E-state index in [2.05, 4.69) is 21.2 Å². The lowest BCUT2D eigenvalue weighted by Crippen LogP contribution is -2.45. The van der Waals surface area contributed by atoms with Gasteiger partial charge in [0, 0.05) is 36.2 Å². The highest BCUT2D eigenvalue weighted by Crippen LogP contribution is 2.37. The van der Waals surface area contributed by atoms with Crippen LogP contribution in [0.25, 0.3) is 0 Å². The Labute approximate surface area is 202 Å². The lowest BCUT2D eigenvalue weighted by Gasteiger charge is -2.31. The van der Waals surface area contributed by atoms with Crippen molar-refractivity contribution >= 4 is 43.5 Å². The van der Waals surface area contributed by atoms with Gasteiger partial charge in [-0.2, -0.15) is 4.31 Å². The highest BCUT2D eigenvalue weighted by Gasteiger charge is 2.36. The molecule has 0 saturated carbocycles. The third kappa shape index (κ3) is 4.88. The fraction of sp³-hybridized carbons (Fsp3) is 0.478. The van der Waals surface area contributed by atoms with E-state index in [9.17, 15) is 18.0 Å². The zero-order valence-electron chi connectivity index (χ0n) is 18.8. The van der Waals surface area contributed by atoms with Crippen LogP contribution in [0.4, 0.5) is 5.69 Å². The monoisotopic (exact) mass is 537 g/mol. The van der Waals surface area contributed by atoms with Crippen molar-refractivity contribution in [2.24, 2.45) is 5.92 Å². The molecule has 3 heterocycles. The molecule has 0 aliphatic carbocycles. The number of halogens is 1. The van der Waals surface area contributed by atoms with Crippen LogP contribution in [0, 0.1) is 12.8 Å². The average molecular weight is 538 g/mol. The second-order valence-corrected chi connectivity index (χ2v) is 11.3. The molecular weight excluding hydrogens is 510 g/mol. The predicted octanol–water partition coefficient (Wildman–Crippen LogP) is 3.37. The minimum absolute atomic E-state index is 0.0270. The van der Waals surface area contributed by atoms with E-state index in [0.717, 1.165) is 11.3 Å². The number of benzene rings is 1. The van der Waals surface area contributed by atoms with Gasteiger partial charge < -0.3 is 14.6 Å². The first-order valence-electron chi connectivity index (χ1n) is 11.2. The van der Waals surface area contributed by atoms with Crippen LogP contribution < -0.4 is 10.2 Å². The molecule has 1 fully saturated rings. The fourth-order valence-electron chi connectivity index (χ4n) is 4.45. The number of aryl methyl sites for hydroxylation is 1. The van der Waals surface area contributed by atoms with Gasteiger partial charge in [-0.15, -0.1) is 0 Å². The third-order valence-corrected chi connectivity index (χ3v) is 9.06. The Morgan fingerprint density at radius 2 is 2.03 bits per heavy atom. The van der Waals surface area contributed by atoms with Gasteiger partial charge in [0.2, 0.25) is 21.8 Å². The Kier molecular flexibility index (Phi) is 6.97. The van der Waals surface area contributed by atoms with Gasteiger partial charge in [-0.3, -0.25) is 9.59 Å². The Hall–Kier alpha value is -2.17. The van der Waals surface area contributed by atoms with Gasteiger partial charge in [0.15, 0.2) is 0 Å². The summed E-state index contributed by atoms with van der Waals surface area (Å²) >= 11 is 3.42. The van der Waals surface area contributed by atoms with Crippen LogP contribution in [-0.4, -0.2) is 44.2 Å². The van der Waals surface area contributed by atoms with Crippen molar-refractivity contribution in [2.45, 2.75) is 51.0 Å². The largest absolute Gasteiger partial charge is 0.465 e. The SMILES string of the molecule is CCC(=O)N1CCc2cc(Br)c(S(=O)(=O)N3CCCC(C(=O)NCc4ccc(C)o4)C3)cc21. The van der Waals surface area contributed by atoms with Crippen LogP contribution in [0.15, 0.2) is 38.1 Å². The molecule has 33 heavy (non-hydrogen) atoms. The molecule has 2 aliphatic rings. The van der Waals surface area contributed by atoms with E-state index in [1.165, 1.54) is 4.31 Å². The lowest BCUT2D eigenvalue weighted by atomic mass is 9.99. The van der Waals surface area contributed by atoms with Crippen molar-refractivity contribution in [3.8, 4) is 0 Å². The molecule has 2 aromatic rings. The number of carbonyl (C=O) groups is 2. The zero-order valence-corrected chi connectivity index (χ0v) is 21.2. The summed E-state index contributed by atoms with van der Waals surface area (Å²) in [4.78, 5) is 26.8. The van der Waals surface area contributed by atoms with Crippen LogP contribution in [0.1, 0.15) is 43.3 Å². The number of hydrogen-bond donors (Lipinski definition) is 1. The minimum atomic E-state index is -3.85. The lowest BCUT2D eigenvalue weighted by molar-refractivity contribution is -0.126. The van der Waals surface area contributed by atoms with Gasteiger partial charge in [0.05, 0.1) is 17.4 Å². The molecule has 8 nitrogen and oxygen atoms in total. The first-order chi connectivity index (χ1) is 15.7. The maximum Gasteiger partial charge on any atom is 0.244 e. The molecule has 1 aromatic carbocycles. The van der Waals surface area contributed by atoms with Gasteiger partial charge in [0.1, 0.15) is 11.5 Å². The quantitative estimate of drug-likeness (QED) is 0.608. The molecule has 1 atom stereocenters. The maximum absolute atomic E-state index is 13.6. The molecule has 1 unspecified atom stereocenters. The topological polar surface area (TPSA) is 99.9 Å². The van der Waals surface area contributed by atoms with E-state index in [1.807, 2.05) is 19.1 Å². The summed E-state index contributed by atoms with van der Waals surface area (Å²) in [6.07, 6.45) is 2.28. The normalized spacial score (nSPS) is 18.9. The Bertz CT molecular complexity index is 1180.